The summed E-state index contributed by atoms with van der Waals surface area (Å²) < 4.78 is 68.6. The van der Waals surface area contributed by atoms with Gasteiger partial charge >= 0.3 is 39.5 Å². The molecule has 0 saturated heterocycles. The molecule has 0 aliphatic rings. The van der Waals surface area contributed by atoms with Crippen LogP contribution in [0.4, 0.5) is 0 Å². The molecule has 0 aliphatic carbocycles. The summed E-state index contributed by atoms with van der Waals surface area (Å²) in [6.45, 7) is 4.39. The Labute approximate surface area is 642 Å². The van der Waals surface area contributed by atoms with E-state index in [-0.39, 0.29) is 25.7 Å². The molecule has 0 aromatic rings. The topological polar surface area (TPSA) is 237 Å². The van der Waals surface area contributed by atoms with Crippen molar-refractivity contribution >= 4 is 39.5 Å². The number of esters is 4. The molecule has 17 nitrogen and oxygen atoms in total. The molecule has 3 N–H and O–H groups in total. The molecule has 5 atom stereocenters. The molecule has 0 aromatic carbocycles. The summed E-state index contributed by atoms with van der Waals surface area (Å²) in [4.78, 5) is 73.1. The van der Waals surface area contributed by atoms with Crippen molar-refractivity contribution in [1.82, 2.24) is 0 Å². The Morgan fingerprint density at radius 2 is 0.491 bits per heavy atom. The number of aliphatic hydroxyl groups excluding tert-OH is 1. The van der Waals surface area contributed by atoms with Gasteiger partial charge in [-0.15, -0.1) is 0 Å². The zero-order valence-electron chi connectivity index (χ0n) is 65.8. The first kappa shape index (κ1) is 100. The Kier molecular flexibility index (Phi) is 73.5. The first-order valence-electron chi connectivity index (χ1n) is 40.4. The van der Waals surface area contributed by atoms with Gasteiger partial charge < -0.3 is 33.8 Å². The van der Waals surface area contributed by atoms with Crippen LogP contribution in [0, 0.1) is 0 Å². The van der Waals surface area contributed by atoms with E-state index in [1.165, 1.54) is 19.3 Å². The number of phosphoric ester groups is 2. The van der Waals surface area contributed by atoms with Crippen molar-refractivity contribution in [3.05, 3.63) is 170 Å². The van der Waals surface area contributed by atoms with E-state index in [9.17, 15) is 43.2 Å². The van der Waals surface area contributed by atoms with Crippen molar-refractivity contribution in [3.8, 4) is 0 Å². The molecule has 0 radical (unpaired) electrons. The van der Waals surface area contributed by atoms with Crippen molar-refractivity contribution in [2.75, 3.05) is 39.6 Å². The van der Waals surface area contributed by atoms with Crippen molar-refractivity contribution in [2.45, 2.75) is 316 Å². The van der Waals surface area contributed by atoms with Crippen LogP contribution < -0.4 is 0 Å². The summed E-state index contributed by atoms with van der Waals surface area (Å²) in [6, 6.07) is 0. The van der Waals surface area contributed by atoms with Gasteiger partial charge in [-0.3, -0.25) is 37.3 Å². The summed E-state index contributed by atoms with van der Waals surface area (Å²) in [7, 11) is -10.0. The SMILES string of the molecule is CC/C=C\C/C=C\C/C=C\C/C=C\CCCCCCC(=O)OCC(COP(=O)(O)OCC(O)COP(=O)(O)OCC(COC(=O)CCCCCCCC/C=C\C/C=C\C/C=C\CCCCC)OC(=O)CCCCCCC/C=C\C/C=C\C/C=C\CC)OC(=O)CCCC/C=C\C/C=C\C/C=C\C/C=C\CC. The maximum atomic E-state index is 13.1. The number of hydrogen-bond donors (Lipinski definition) is 3. The minimum Gasteiger partial charge on any atom is -0.462 e. The molecule has 0 spiro atoms. The molecule has 106 heavy (non-hydrogen) atoms. The van der Waals surface area contributed by atoms with E-state index in [0.29, 0.717) is 32.1 Å². The second-order valence-electron chi connectivity index (χ2n) is 26.2. The van der Waals surface area contributed by atoms with Crippen LogP contribution in [0.1, 0.15) is 297 Å². The lowest BCUT2D eigenvalue weighted by Gasteiger charge is -2.21. The third-order valence-corrected chi connectivity index (χ3v) is 18.1. The van der Waals surface area contributed by atoms with Crippen LogP contribution >= 0.6 is 15.6 Å². The highest BCUT2D eigenvalue weighted by atomic mass is 31.2. The fourth-order valence-corrected chi connectivity index (χ4v) is 11.7. The zero-order chi connectivity index (χ0) is 77.4. The Morgan fingerprint density at radius 1 is 0.274 bits per heavy atom. The van der Waals surface area contributed by atoms with Crippen LogP contribution in [0.15, 0.2) is 170 Å². The van der Waals surface area contributed by atoms with Crippen molar-refractivity contribution < 1.29 is 80.2 Å². The lowest BCUT2D eigenvalue weighted by Crippen LogP contribution is -2.30. The van der Waals surface area contributed by atoms with Gasteiger partial charge in [-0.2, -0.15) is 0 Å². The van der Waals surface area contributed by atoms with Gasteiger partial charge in [0.05, 0.1) is 26.4 Å². The maximum absolute atomic E-state index is 13.1. The average molecular weight is 1520 g/mol. The number of allylic oxidation sites excluding steroid dienone is 28. The van der Waals surface area contributed by atoms with Crippen LogP contribution in [-0.2, 0) is 65.4 Å². The van der Waals surface area contributed by atoms with Crippen LogP contribution in [0.3, 0.4) is 0 Å². The van der Waals surface area contributed by atoms with Gasteiger partial charge in [0.15, 0.2) is 12.2 Å². The number of carbonyl (C=O) groups is 4. The molecular weight excluding hydrogens is 1380 g/mol. The fourth-order valence-electron chi connectivity index (χ4n) is 10.1. The van der Waals surface area contributed by atoms with Gasteiger partial charge in [-0.05, 0) is 173 Å². The zero-order valence-corrected chi connectivity index (χ0v) is 67.6. The highest BCUT2D eigenvalue weighted by Crippen LogP contribution is 2.45. The standard InChI is InChI=1S/C87H142O17P2/c1-5-9-13-17-21-25-29-33-37-39-40-42-46-48-52-56-60-64-68-72-85(90)98-78-83(104-87(92)74-70-66-62-58-54-50-44-36-32-28-24-20-16-12-8-4)80-102-106(95,96)100-76-81(88)75-99-105(93,94)101-79-82(103-86(91)73-69-65-61-57-53-49-43-35-31-27-23-19-15-11-7-3)77-97-84(89)71-67-63-59-55-51-47-45-41-38-34-30-26-22-18-14-10-6-2/h10-12,14-16,21-28,33-38,40,42-45,47,53,57,81-83,88H,5-9,13,17-20,29-32,39,41,46,48-52,54-56,58-80H2,1-4H3,(H,93,94)(H,95,96)/b14-10-,15-11-,16-12-,25-21-,26-22-,27-23-,28-24-,37-33-,38-34-,42-40-,43-35-,44-36-,47-45-,57-53-. The van der Waals surface area contributed by atoms with Crippen LogP contribution in [0.5, 0.6) is 0 Å². The summed E-state index contributed by atoms with van der Waals surface area (Å²) in [5.41, 5.74) is 0. The first-order valence-corrected chi connectivity index (χ1v) is 43.4. The van der Waals surface area contributed by atoms with E-state index in [2.05, 4.69) is 198 Å². The molecule has 0 heterocycles. The third kappa shape index (κ3) is 76.6. The predicted octanol–water partition coefficient (Wildman–Crippen LogP) is 23.8. The van der Waals surface area contributed by atoms with Gasteiger partial charge in [-0.1, -0.05) is 268 Å². The van der Waals surface area contributed by atoms with Crippen molar-refractivity contribution in [1.29, 1.82) is 0 Å². The van der Waals surface area contributed by atoms with E-state index < -0.39 is 97.5 Å². The van der Waals surface area contributed by atoms with E-state index in [1.54, 1.807) is 0 Å². The second kappa shape index (κ2) is 77.6. The number of rotatable bonds is 74. The van der Waals surface area contributed by atoms with Gasteiger partial charge in [0.25, 0.3) is 0 Å². The summed E-state index contributed by atoms with van der Waals surface area (Å²) >= 11 is 0. The second-order valence-corrected chi connectivity index (χ2v) is 29.1. The number of unbranched alkanes of at least 4 members (excludes halogenated alkanes) is 20. The number of aliphatic hydroxyl groups is 1. The average Bonchev–Trinajstić information content (AvgIpc) is 0.928. The first-order chi connectivity index (χ1) is 51.7. The molecule has 0 aliphatic heterocycles. The summed E-state index contributed by atoms with van der Waals surface area (Å²) in [5, 5.41) is 10.6. The van der Waals surface area contributed by atoms with Crippen molar-refractivity contribution in [3.63, 3.8) is 0 Å². The number of carbonyl (C=O) groups excluding carboxylic acids is 4. The molecule has 0 bridgehead atoms. The Hall–Kier alpha value is -5.58. The molecule has 0 fully saturated rings. The van der Waals surface area contributed by atoms with E-state index >= 15 is 0 Å². The molecule has 5 unspecified atom stereocenters. The molecule has 0 rings (SSSR count). The molecule has 0 saturated carbocycles. The molecule has 0 amide bonds. The maximum Gasteiger partial charge on any atom is 0.472 e. The molecular formula is C87H142O17P2. The van der Waals surface area contributed by atoms with Gasteiger partial charge in [0.2, 0.25) is 0 Å². The van der Waals surface area contributed by atoms with Crippen LogP contribution in [-0.4, -0.2) is 96.7 Å². The number of phosphoric acid groups is 2. The van der Waals surface area contributed by atoms with E-state index in [0.717, 1.165) is 193 Å². The Morgan fingerprint density at radius 3 is 0.774 bits per heavy atom. The largest absolute Gasteiger partial charge is 0.472 e. The predicted molar refractivity (Wildman–Crippen MR) is 436 cm³/mol. The smallest absolute Gasteiger partial charge is 0.462 e. The Balaban J connectivity index is 5.45. The number of ether oxygens (including phenoxy) is 4. The van der Waals surface area contributed by atoms with E-state index in [1.807, 2.05) is 0 Å². The molecule has 0 aromatic heterocycles. The lowest BCUT2D eigenvalue weighted by molar-refractivity contribution is -0.161. The monoisotopic (exact) mass is 1520 g/mol. The Bertz CT molecular complexity index is 2680. The normalized spacial score (nSPS) is 14.7. The van der Waals surface area contributed by atoms with Gasteiger partial charge in [-0.25, -0.2) is 9.13 Å². The highest BCUT2D eigenvalue weighted by Gasteiger charge is 2.30. The van der Waals surface area contributed by atoms with Crippen LogP contribution in [0.2, 0.25) is 0 Å². The summed E-state index contributed by atoms with van der Waals surface area (Å²) in [6.07, 6.45) is 91.9. The fraction of sp³-hybridized carbons (Fsp3) is 0.632. The van der Waals surface area contributed by atoms with Gasteiger partial charge in [0, 0.05) is 25.7 Å². The van der Waals surface area contributed by atoms with Gasteiger partial charge in [0.1, 0.15) is 19.3 Å². The number of hydrogen-bond acceptors (Lipinski definition) is 15. The molecule has 19 heteroatoms. The summed E-state index contributed by atoms with van der Waals surface area (Å²) in [5.74, 6) is -2.29. The third-order valence-electron chi connectivity index (χ3n) is 16.2. The van der Waals surface area contributed by atoms with Crippen LogP contribution in [0.25, 0.3) is 0 Å². The van der Waals surface area contributed by atoms with E-state index in [4.69, 9.17) is 37.0 Å². The quantitative estimate of drug-likeness (QED) is 0.0169. The minimum absolute atomic E-state index is 0.0304. The lowest BCUT2D eigenvalue weighted by atomic mass is 10.1. The highest BCUT2D eigenvalue weighted by molar-refractivity contribution is 7.47. The van der Waals surface area contributed by atoms with Crippen molar-refractivity contribution in [2.24, 2.45) is 0 Å². The minimum atomic E-state index is -5.00. The molecule has 602 valence electrons.